The van der Waals surface area contributed by atoms with E-state index in [1.807, 2.05) is 0 Å². The van der Waals surface area contributed by atoms with Crippen LogP contribution in [0.2, 0.25) is 0 Å². The van der Waals surface area contributed by atoms with E-state index in [4.69, 9.17) is 11.5 Å². The van der Waals surface area contributed by atoms with E-state index in [0.717, 1.165) is 4.31 Å². The van der Waals surface area contributed by atoms with Crippen molar-refractivity contribution >= 4 is 21.8 Å². The van der Waals surface area contributed by atoms with Crippen molar-refractivity contribution in [2.75, 3.05) is 12.8 Å². The van der Waals surface area contributed by atoms with E-state index < -0.39 is 33.8 Å². The largest absolute Gasteiger partial charge is 0.369 e. The lowest BCUT2D eigenvalue weighted by Gasteiger charge is -2.34. The van der Waals surface area contributed by atoms with E-state index in [1.165, 1.54) is 7.05 Å². The highest BCUT2D eigenvalue weighted by atomic mass is 32.2. The average Bonchev–Trinajstić information content (AvgIpc) is 2.08. The molecule has 1 heterocycles. The summed E-state index contributed by atoms with van der Waals surface area (Å²) in [5, 5.41) is 0. The molecule has 1 saturated heterocycles. The zero-order chi connectivity index (χ0) is 11.8. The summed E-state index contributed by atoms with van der Waals surface area (Å²) in [4.78, 5) is 22.1. The maximum absolute atomic E-state index is 11.4. The molecule has 0 aromatic rings. The lowest BCUT2D eigenvalue weighted by Crippen LogP contribution is -2.57. The monoisotopic (exact) mass is 235 g/mol. The van der Waals surface area contributed by atoms with Crippen LogP contribution < -0.4 is 11.5 Å². The van der Waals surface area contributed by atoms with Crippen molar-refractivity contribution in [3.05, 3.63) is 0 Å². The van der Waals surface area contributed by atoms with Crippen molar-refractivity contribution in [1.29, 1.82) is 0 Å². The fraction of sp³-hybridized carbons (Fsp3) is 0.714. The van der Waals surface area contributed by atoms with Crippen LogP contribution in [0.3, 0.4) is 0 Å². The number of carbonyl (C=O) groups excluding carboxylic acids is 2. The first-order valence-corrected chi connectivity index (χ1v) is 5.92. The van der Waals surface area contributed by atoms with Crippen LogP contribution >= 0.6 is 0 Å². The normalized spacial score (nSPS) is 31.0. The van der Waals surface area contributed by atoms with E-state index in [-0.39, 0.29) is 12.2 Å². The Morgan fingerprint density at radius 3 is 2.20 bits per heavy atom. The van der Waals surface area contributed by atoms with E-state index >= 15 is 0 Å². The Kier molecular flexibility index (Phi) is 3.00. The number of nitrogens with two attached hydrogens (primary N) is 2. The molecule has 15 heavy (non-hydrogen) atoms. The molecule has 0 bridgehead atoms. The Labute approximate surface area is 87.4 Å². The van der Waals surface area contributed by atoms with E-state index in [0.29, 0.717) is 0 Å². The highest BCUT2D eigenvalue weighted by molar-refractivity contribution is 7.89. The summed E-state index contributed by atoms with van der Waals surface area (Å²) >= 11 is 0. The summed E-state index contributed by atoms with van der Waals surface area (Å²) in [5.41, 5.74) is 10.1. The number of carbonyl (C=O) groups is 2. The van der Waals surface area contributed by atoms with Crippen molar-refractivity contribution in [2.45, 2.75) is 12.5 Å². The number of rotatable bonds is 2. The van der Waals surface area contributed by atoms with Crippen molar-refractivity contribution in [2.24, 2.45) is 17.4 Å². The minimum Gasteiger partial charge on any atom is -0.369 e. The van der Waals surface area contributed by atoms with Crippen molar-refractivity contribution < 1.29 is 18.0 Å². The van der Waals surface area contributed by atoms with Gasteiger partial charge in [0.15, 0.2) is 0 Å². The van der Waals surface area contributed by atoms with Gasteiger partial charge in [-0.25, -0.2) is 8.42 Å². The minimum absolute atomic E-state index is 0.0373. The number of amides is 2. The third-order valence-corrected chi connectivity index (χ3v) is 4.41. The quantitative estimate of drug-likeness (QED) is 0.554. The van der Waals surface area contributed by atoms with Crippen molar-refractivity contribution in [3.63, 3.8) is 0 Å². The second-order valence-electron chi connectivity index (χ2n) is 3.48. The molecule has 2 unspecified atom stereocenters. The molecule has 0 aromatic carbocycles. The maximum Gasteiger partial charge on any atom is 0.236 e. The summed E-state index contributed by atoms with van der Waals surface area (Å²) in [6, 6.07) is -1.17. The molecule has 8 heteroatoms. The maximum atomic E-state index is 11.4. The molecule has 0 aromatic heterocycles. The molecular formula is C7H13N3O4S. The van der Waals surface area contributed by atoms with Gasteiger partial charge >= 0.3 is 0 Å². The van der Waals surface area contributed by atoms with Gasteiger partial charge in [0.1, 0.15) is 6.04 Å². The molecule has 1 fully saturated rings. The van der Waals surface area contributed by atoms with Gasteiger partial charge in [0.25, 0.3) is 0 Å². The van der Waals surface area contributed by atoms with Crippen molar-refractivity contribution in [3.8, 4) is 0 Å². The number of hydrogen-bond donors (Lipinski definition) is 2. The molecule has 7 nitrogen and oxygen atoms in total. The second kappa shape index (κ2) is 3.78. The molecule has 86 valence electrons. The fourth-order valence-corrected chi connectivity index (χ4v) is 3.12. The molecule has 0 radical (unpaired) electrons. The van der Waals surface area contributed by atoms with Crippen molar-refractivity contribution in [1.82, 2.24) is 4.31 Å². The van der Waals surface area contributed by atoms with Crippen LogP contribution in [-0.4, -0.2) is 43.4 Å². The van der Waals surface area contributed by atoms with Gasteiger partial charge in [-0.1, -0.05) is 0 Å². The Morgan fingerprint density at radius 2 is 1.80 bits per heavy atom. The smallest absolute Gasteiger partial charge is 0.236 e. The predicted octanol–water partition coefficient (Wildman–Crippen LogP) is -2.39. The van der Waals surface area contributed by atoms with E-state index in [2.05, 4.69) is 0 Å². The number of sulfonamides is 1. The zero-order valence-electron chi connectivity index (χ0n) is 8.21. The van der Waals surface area contributed by atoms with Gasteiger partial charge in [0.05, 0.1) is 11.7 Å². The van der Waals surface area contributed by atoms with Crippen LogP contribution in [0.4, 0.5) is 0 Å². The first kappa shape index (κ1) is 11.9. The lowest BCUT2D eigenvalue weighted by molar-refractivity contribution is -0.131. The van der Waals surface area contributed by atoms with Gasteiger partial charge in [0, 0.05) is 7.05 Å². The third-order valence-electron chi connectivity index (χ3n) is 2.56. The van der Waals surface area contributed by atoms with Gasteiger partial charge in [-0.2, -0.15) is 4.31 Å². The van der Waals surface area contributed by atoms with Crippen LogP contribution in [0.1, 0.15) is 6.42 Å². The Morgan fingerprint density at radius 1 is 1.27 bits per heavy atom. The molecule has 1 aliphatic rings. The summed E-state index contributed by atoms with van der Waals surface area (Å²) in [5.74, 6) is -2.60. The standard InChI is InChI=1S/C7H13N3O4S/c1-10-5(7(9)12)4(6(8)11)2-3-15(10,13)14/h4-5H,2-3H2,1H3,(H2,8,11)(H2,9,12). The highest BCUT2D eigenvalue weighted by Gasteiger charge is 2.43. The summed E-state index contributed by atoms with van der Waals surface area (Å²) in [6.45, 7) is 0. The van der Waals surface area contributed by atoms with Crippen LogP contribution in [-0.2, 0) is 19.6 Å². The number of primary amides is 2. The molecule has 0 spiro atoms. The van der Waals surface area contributed by atoms with Gasteiger partial charge < -0.3 is 11.5 Å². The van der Waals surface area contributed by atoms with Gasteiger partial charge in [-0.3, -0.25) is 9.59 Å². The SMILES string of the molecule is CN1C(C(N)=O)C(C(N)=O)CCS1(=O)=O. The van der Waals surface area contributed by atoms with Gasteiger partial charge in [-0.15, -0.1) is 0 Å². The second-order valence-corrected chi connectivity index (χ2v) is 5.63. The third kappa shape index (κ3) is 2.10. The average molecular weight is 235 g/mol. The summed E-state index contributed by atoms with van der Waals surface area (Å²) < 4.78 is 23.7. The molecular weight excluding hydrogens is 222 g/mol. The topological polar surface area (TPSA) is 124 Å². The first-order chi connectivity index (χ1) is 6.77. The van der Waals surface area contributed by atoms with Gasteiger partial charge in [-0.05, 0) is 6.42 Å². The zero-order valence-corrected chi connectivity index (χ0v) is 9.03. The Hall–Kier alpha value is -1.15. The summed E-state index contributed by atoms with van der Waals surface area (Å²) in [6.07, 6.45) is 0.0373. The predicted molar refractivity (Wildman–Crippen MR) is 51.8 cm³/mol. The van der Waals surface area contributed by atoms with Crippen LogP contribution in [0.5, 0.6) is 0 Å². The molecule has 2 amide bonds. The Balaban J connectivity index is 3.09. The first-order valence-electron chi connectivity index (χ1n) is 4.31. The minimum atomic E-state index is -3.50. The number of nitrogens with zero attached hydrogens (tertiary/aromatic N) is 1. The van der Waals surface area contributed by atoms with Crippen LogP contribution in [0, 0.1) is 5.92 Å². The molecule has 1 rings (SSSR count). The fourth-order valence-electron chi connectivity index (χ4n) is 1.68. The van der Waals surface area contributed by atoms with Crippen LogP contribution in [0.15, 0.2) is 0 Å². The molecule has 4 N–H and O–H groups in total. The molecule has 0 saturated carbocycles. The highest BCUT2D eigenvalue weighted by Crippen LogP contribution is 2.24. The van der Waals surface area contributed by atoms with E-state index in [9.17, 15) is 18.0 Å². The lowest BCUT2D eigenvalue weighted by atomic mass is 9.95. The number of hydrogen-bond acceptors (Lipinski definition) is 4. The molecule has 0 aliphatic carbocycles. The molecule has 1 aliphatic heterocycles. The molecule has 2 atom stereocenters. The summed E-state index contributed by atoms with van der Waals surface area (Å²) in [7, 11) is -2.28. The number of likely N-dealkylation sites (N-methyl/N-ethyl adjacent to an activating group) is 1. The van der Waals surface area contributed by atoms with E-state index in [1.54, 1.807) is 0 Å². The Bertz CT molecular complexity index is 391. The van der Waals surface area contributed by atoms with Crippen LogP contribution in [0.25, 0.3) is 0 Å². The van der Waals surface area contributed by atoms with Gasteiger partial charge in [0.2, 0.25) is 21.8 Å².